The van der Waals surface area contributed by atoms with E-state index in [2.05, 4.69) is 126 Å². The maximum absolute atomic E-state index is 13.2. The van der Waals surface area contributed by atoms with E-state index >= 15 is 0 Å². The van der Waals surface area contributed by atoms with Gasteiger partial charge < -0.3 is 5.32 Å². The molecule has 0 radical (unpaired) electrons. The van der Waals surface area contributed by atoms with Crippen LogP contribution in [-0.2, 0) is 17.9 Å². The summed E-state index contributed by atoms with van der Waals surface area (Å²) in [6, 6.07) is 32.6. The molecule has 0 aliphatic carbocycles. The van der Waals surface area contributed by atoms with Gasteiger partial charge in [0.05, 0.1) is 6.04 Å². The van der Waals surface area contributed by atoms with Crippen LogP contribution in [0, 0.1) is 5.92 Å². The summed E-state index contributed by atoms with van der Waals surface area (Å²) in [5.41, 5.74) is 8.17. The summed E-state index contributed by atoms with van der Waals surface area (Å²) in [6.07, 6.45) is 0. The van der Waals surface area contributed by atoms with E-state index in [1.165, 1.54) is 0 Å². The average Bonchev–Trinajstić information content (AvgIpc) is 3.81. The molecule has 11 nitrogen and oxygen atoms in total. The van der Waals surface area contributed by atoms with Crippen LogP contribution in [0.1, 0.15) is 25.0 Å². The number of nitrogens with zero attached hydrogens (tertiary/aromatic N) is 7. The fraction of sp³-hybridized carbons (Fsp3) is 0.206. The summed E-state index contributed by atoms with van der Waals surface area (Å²) in [5, 5.41) is 32.1. The number of benzene rings is 4. The Kier molecular flexibility index (Phi) is 8.79. The minimum atomic E-state index is -0.313. The second-order valence-electron chi connectivity index (χ2n) is 11.2. The lowest BCUT2D eigenvalue weighted by Gasteiger charge is -2.33. The molecule has 1 unspecified atom stereocenters. The number of H-pyrrole nitrogens is 2. The first-order valence-electron chi connectivity index (χ1n) is 14.8. The summed E-state index contributed by atoms with van der Waals surface area (Å²) in [6.45, 7) is 5.38. The zero-order valence-corrected chi connectivity index (χ0v) is 25.3. The molecule has 45 heavy (non-hydrogen) atoms. The van der Waals surface area contributed by atoms with Crippen molar-refractivity contribution < 1.29 is 4.79 Å². The zero-order chi connectivity index (χ0) is 31.2. The van der Waals surface area contributed by atoms with Crippen molar-refractivity contribution in [3.05, 3.63) is 108 Å². The maximum atomic E-state index is 13.2. The number of amides is 1. The van der Waals surface area contributed by atoms with E-state index in [1.807, 2.05) is 36.4 Å². The van der Waals surface area contributed by atoms with Crippen LogP contribution in [0.25, 0.3) is 45.0 Å². The molecule has 0 aliphatic heterocycles. The fourth-order valence-corrected chi connectivity index (χ4v) is 5.75. The lowest BCUT2D eigenvalue weighted by atomic mass is 9.96. The van der Waals surface area contributed by atoms with Gasteiger partial charge in [-0.2, -0.15) is 10.4 Å². The Labute approximate surface area is 261 Å². The van der Waals surface area contributed by atoms with Crippen LogP contribution in [0.15, 0.2) is 97.1 Å². The number of nitrogens with one attached hydrogen (secondary N) is 3. The summed E-state index contributed by atoms with van der Waals surface area (Å²) < 4.78 is 0. The monoisotopic (exact) mass is 598 g/mol. The molecule has 0 aliphatic rings. The van der Waals surface area contributed by atoms with Gasteiger partial charge in [-0.25, -0.2) is 0 Å². The summed E-state index contributed by atoms with van der Waals surface area (Å²) in [4.78, 5) is 15.4. The number of hydrogen-bond acceptors (Lipinski definition) is 8. The van der Waals surface area contributed by atoms with E-state index in [0.717, 1.165) is 44.5 Å². The fourth-order valence-electron chi connectivity index (χ4n) is 5.75. The van der Waals surface area contributed by atoms with Gasteiger partial charge in [0.15, 0.2) is 0 Å². The molecule has 0 saturated heterocycles. The molecule has 0 fully saturated rings. The first kappa shape index (κ1) is 29.5. The lowest BCUT2D eigenvalue weighted by Crippen LogP contribution is -2.48. The lowest BCUT2D eigenvalue weighted by molar-refractivity contribution is -0.128. The van der Waals surface area contributed by atoms with Gasteiger partial charge >= 0.3 is 0 Å². The Bertz CT molecular complexity index is 1710. The second-order valence-corrected chi connectivity index (χ2v) is 11.2. The maximum Gasteiger partial charge on any atom is 0.237 e. The standard InChI is InChI=1S/C34H34N10O/c1-22(2)31(34(45)35-3)44(20-23-12-16-25(17-13-23)27-8-4-6-10-29(27)32-36-40-41-37-32)21-24-14-18-26(19-15-24)28-9-5-7-11-30(28)33-38-42-43-39-33/h4-19,22,31H,20-21H2,1-3H3,(H,35,45)(H,36,37,40,41)(H,38,39,42,43). The van der Waals surface area contributed by atoms with Gasteiger partial charge in [-0.3, -0.25) is 9.69 Å². The number of aromatic nitrogens is 8. The second kappa shape index (κ2) is 13.4. The quantitative estimate of drug-likeness (QED) is 0.186. The molecule has 0 saturated carbocycles. The molecule has 226 valence electrons. The van der Waals surface area contributed by atoms with Gasteiger partial charge in [0.25, 0.3) is 0 Å². The molecule has 1 atom stereocenters. The first-order valence-corrected chi connectivity index (χ1v) is 14.8. The Morgan fingerprint density at radius 1 is 0.667 bits per heavy atom. The van der Waals surface area contributed by atoms with Crippen molar-refractivity contribution in [2.24, 2.45) is 5.92 Å². The van der Waals surface area contributed by atoms with E-state index in [1.54, 1.807) is 7.05 Å². The molecule has 2 aromatic heterocycles. The third-order valence-electron chi connectivity index (χ3n) is 7.87. The van der Waals surface area contributed by atoms with Crippen LogP contribution in [-0.4, -0.2) is 65.1 Å². The number of rotatable bonds is 11. The van der Waals surface area contributed by atoms with E-state index in [-0.39, 0.29) is 17.9 Å². The molecule has 4 aromatic carbocycles. The smallest absolute Gasteiger partial charge is 0.237 e. The molecule has 3 N–H and O–H groups in total. The van der Waals surface area contributed by atoms with Crippen LogP contribution < -0.4 is 5.32 Å². The van der Waals surface area contributed by atoms with E-state index in [9.17, 15) is 4.79 Å². The number of aromatic amines is 2. The highest BCUT2D eigenvalue weighted by molar-refractivity contribution is 5.82. The summed E-state index contributed by atoms with van der Waals surface area (Å²) in [5.74, 6) is 1.21. The highest BCUT2D eigenvalue weighted by atomic mass is 16.2. The third kappa shape index (κ3) is 6.53. The van der Waals surface area contributed by atoms with Crippen molar-refractivity contribution in [3.63, 3.8) is 0 Å². The van der Waals surface area contributed by atoms with Crippen LogP contribution >= 0.6 is 0 Å². The molecular weight excluding hydrogens is 564 g/mol. The van der Waals surface area contributed by atoms with Crippen molar-refractivity contribution in [3.8, 4) is 45.0 Å². The molecule has 6 rings (SSSR count). The number of carbonyl (C=O) groups excluding carboxylic acids is 1. The molecule has 2 heterocycles. The van der Waals surface area contributed by atoms with Crippen molar-refractivity contribution >= 4 is 5.91 Å². The van der Waals surface area contributed by atoms with Crippen molar-refractivity contribution in [2.45, 2.75) is 33.0 Å². The Morgan fingerprint density at radius 2 is 1.09 bits per heavy atom. The Hall–Kier alpha value is -5.55. The molecule has 11 heteroatoms. The van der Waals surface area contributed by atoms with Crippen molar-refractivity contribution in [1.82, 2.24) is 51.5 Å². The number of likely N-dealkylation sites (N-methyl/N-ethyl adjacent to an activating group) is 1. The van der Waals surface area contributed by atoms with Crippen LogP contribution in [0.2, 0.25) is 0 Å². The predicted molar refractivity (Wildman–Crippen MR) is 172 cm³/mol. The van der Waals surface area contributed by atoms with Gasteiger partial charge in [0, 0.05) is 31.3 Å². The highest BCUT2D eigenvalue weighted by Crippen LogP contribution is 2.32. The van der Waals surface area contributed by atoms with Crippen molar-refractivity contribution in [2.75, 3.05) is 7.05 Å². The molecular formula is C34H34N10O. The molecule has 1 amide bonds. The molecule has 6 aromatic rings. The average molecular weight is 599 g/mol. The molecule has 0 bridgehead atoms. The number of tetrazole rings is 2. The predicted octanol–water partition coefficient (Wildman–Crippen LogP) is 5.15. The number of hydrogen-bond donors (Lipinski definition) is 3. The largest absolute Gasteiger partial charge is 0.358 e. The first-order chi connectivity index (χ1) is 22.0. The minimum absolute atomic E-state index is 0.00122. The van der Waals surface area contributed by atoms with Gasteiger partial charge in [0.1, 0.15) is 0 Å². The topological polar surface area (TPSA) is 141 Å². The van der Waals surface area contributed by atoms with Crippen molar-refractivity contribution in [1.29, 1.82) is 0 Å². The third-order valence-corrected chi connectivity index (χ3v) is 7.87. The highest BCUT2D eigenvalue weighted by Gasteiger charge is 2.28. The van der Waals surface area contributed by atoms with Crippen LogP contribution in [0.3, 0.4) is 0 Å². The van der Waals surface area contributed by atoms with E-state index < -0.39 is 0 Å². The van der Waals surface area contributed by atoms with Gasteiger partial charge in [-0.05, 0) is 49.7 Å². The van der Waals surface area contributed by atoms with Gasteiger partial charge in [0.2, 0.25) is 17.6 Å². The SMILES string of the molecule is CNC(=O)C(C(C)C)N(Cc1ccc(-c2ccccc2-c2nn[nH]n2)cc1)Cc1ccc(-c2ccccc2-c2nn[nH]n2)cc1. The summed E-state index contributed by atoms with van der Waals surface area (Å²) in [7, 11) is 1.70. The summed E-state index contributed by atoms with van der Waals surface area (Å²) >= 11 is 0. The minimum Gasteiger partial charge on any atom is -0.358 e. The van der Waals surface area contributed by atoms with Gasteiger partial charge in [-0.1, -0.05) is 111 Å². The zero-order valence-electron chi connectivity index (χ0n) is 25.3. The van der Waals surface area contributed by atoms with E-state index in [4.69, 9.17) is 0 Å². The Morgan fingerprint density at radius 3 is 1.44 bits per heavy atom. The van der Waals surface area contributed by atoms with Crippen LogP contribution in [0.4, 0.5) is 0 Å². The molecule has 0 spiro atoms. The van der Waals surface area contributed by atoms with Crippen LogP contribution in [0.5, 0.6) is 0 Å². The van der Waals surface area contributed by atoms with E-state index in [0.29, 0.717) is 24.7 Å². The normalized spacial score (nSPS) is 12.0. The van der Waals surface area contributed by atoms with Gasteiger partial charge in [-0.15, -0.1) is 20.4 Å². The Balaban J connectivity index is 1.26. The number of carbonyl (C=O) groups is 1.